The second kappa shape index (κ2) is 10.4. The molecule has 1 aliphatic heterocycles. The summed E-state index contributed by atoms with van der Waals surface area (Å²) in [5, 5.41) is 2.51. The molecule has 2 heterocycles. The van der Waals surface area contributed by atoms with Crippen LogP contribution >= 0.6 is 0 Å². The molecule has 1 N–H and O–H groups in total. The van der Waals surface area contributed by atoms with E-state index < -0.39 is 39.4 Å². The summed E-state index contributed by atoms with van der Waals surface area (Å²) in [7, 11) is -1.27. The van der Waals surface area contributed by atoms with E-state index in [1.165, 1.54) is 6.26 Å². The van der Waals surface area contributed by atoms with Crippen molar-refractivity contribution in [2.45, 2.75) is 69.9 Å². The number of amides is 2. The largest absolute Gasteiger partial charge is 0.433 e. The van der Waals surface area contributed by atoms with E-state index in [1.807, 2.05) is 7.05 Å². The predicted molar refractivity (Wildman–Crippen MR) is 124 cm³/mol. The molecule has 2 amide bonds. The number of nitrogens with one attached hydrogen (secondary N) is 1. The molecule has 0 spiro atoms. The molecule has 2 aliphatic rings. The minimum Gasteiger partial charge on any atom is -0.339 e. The van der Waals surface area contributed by atoms with Crippen LogP contribution in [0.5, 0.6) is 0 Å². The molecule has 35 heavy (non-hydrogen) atoms. The summed E-state index contributed by atoms with van der Waals surface area (Å²) in [6.07, 6.45) is -1.11. The zero-order valence-electron chi connectivity index (χ0n) is 20.4. The molecule has 0 bridgehead atoms. The van der Waals surface area contributed by atoms with Gasteiger partial charge in [-0.05, 0) is 64.6 Å². The van der Waals surface area contributed by atoms with Gasteiger partial charge >= 0.3 is 6.18 Å². The Hall–Kier alpha value is -2.21. The SMILES string of the molecule is CC(C)N(C)[C@@H]1CC[C@H](N2CC[C@H](NC(=O)c3cccc(C(F)(F)F)n3)C2=O)[C@@H](CS(C)(=O)=O)C1. The Morgan fingerprint density at radius 3 is 2.54 bits per heavy atom. The molecule has 1 saturated heterocycles. The van der Waals surface area contributed by atoms with Crippen LogP contribution in [0.1, 0.15) is 55.7 Å². The highest BCUT2D eigenvalue weighted by Gasteiger charge is 2.44. The number of likely N-dealkylation sites (tertiary alicyclic amines) is 1. The van der Waals surface area contributed by atoms with Gasteiger partial charge in [0.15, 0.2) is 0 Å². The maximum absolute atomic E-state index is 13.2. The lowest BCUT2D eigenvalue weighted by atomic mass is 9.81. The fourth-order valence-electron chi connectivity index (χ4n) is 5.11. The van der Waals surface area contributed by atoms with Gasteiger partial charge in [0, 0.05) is 30.9 Å². The summed E-state index contributed by atoms with van der Waals surface area (Å²) in [6.45, 7) is 4.50. The van der Waals surface area contributed by atoms with Gasteiger partial charge < -0.3 is 15.1 Å². The van der Waals surface area contributed by atoms with E-state index in [1.54, 1.807) is 4.90 Å². The van der Waals surface area contributed by atoms with Gasteiger partial charge in [0.2, 0.25) is 5.91 Å². The van der Waals surface area contributed by atoms with Crippen LogP contribution in [0.25, 0.3) is 0 Å². The minimum atomic E-state index is -4.69. The lowest BCUT2D eigenvalue weighted by Gasteiger charge is -2.44. The van der Waals surface area contributed by atoms with E-state index in [0.717, 1.165) is 24.6 Å². The molecule has 12 heteroatoms. The number of hydrogen-bond acceptors (Lipinski definition) is 6. The van der Waals surface area contributed by atoms with Crippen molar-refractivity contribution in [3.8, 4) is 0 Å². The molecule has 196 valence electrons. The Kier molecular flexibility index (Phi) is 8.15. The Morgan fingerprint density at radius 2 is 1.94 bits per heavy atom. The van der Waals surface area contributed by atoms with Gasteiger partial charge in [-0.15, -0.1) is 0 Å². The third kappa shape index (κ3) is 6.72. The molecule has 0 aromatic carbocycles. The van der Waals surface area contributed by atoms with Crippen LogP contribution in [0.3, 0.4) is 0 Å². The first-order chi connectivity index (χ1) is 16.2. The molecule has 1 aromatic heterocycles. The first-order valence-electron chi connectivity index (χ1n) is 11.7. The number of carbonyl (C=O) groups is 2. The average molecular weight is 519 g/mol. The van der Waals surface area contributed by atoms with Crippen molar-refractivity contribution in [1.82, 2.24) is 20.1 Å². The lowest BCUT2D eigenvalue weighted by Crippen LogP contribution is -2.53. The summed E-state index contributed by atoms with van der Waals surface area (Å²) in [5.41, 5.74) is -1.60. The van der Waals surface area contributed by atoms with Crippen molar-refractivity contribution in [2.24, 2.45) is 5.92 Å². The van der Waals surface area contributed by atoms with Crippen molar-refractivity contribution in [2.75, 3.05) is 25.6 Å². The number of carbonyl (C=O) groups excluding carboxylic acids is 2. The molecule has 4 atom stereocenters. The summed E-state index contributed by atoms with van der Waals surface area (Å²) in [6, 6.07) is 2.36. The molecular weight excluding hydrogens is 485 g/mol. The quantitative estimate of drug-likeness (QED) is 0.595. The van der Waals surface area contributed by atoms with Crippen molar-refractivity contribution < 1.29 is 31.2 Å². The number of pyridine rings is 1. The van der Waals surface area contributed by atoms with E-state index in [0.29, 0.717) is 31.8 Å². The number of sulfone groups is 1. The molecular formula is C23H33F3N4O4S. The van der Waals surface area contributed by atoms with Crippen LogP contribution in [0.15, 0.2) is 18.2 Å². The van der Waals surface area contributed by atoms with Gasteiger partial charge in [0.05, 0.1) is 5.75 Å². The van der Waals surface area contributed by atoms with Crippen LogP contribution in [-0.2, 0) is 20.8 Å². The topological polar surface area (TPSA) is 99.7 Å². The summed E-state index contributed by atoms with van der Waals surface area (Å²) in [5.74, 6) is -1.47. The molecule has 3 rings (SSSR count). The second-order valence-corrected chi connectivity index (χ2v) is 12.1. The van der Waals surface area contributed by atoms with Crippen molar-refractivity contribution in [3.05, 3.63) is 29.6 Å². The molecule has 8 nitrogen and oxygen atoms in total. The molecule has 1 saturated carbocycles. The van der Waals surface area contributed by atoms with Crippen molar-refractivity contribution in [3.63, 3.8) is 0 Å². The normalized spacial score (nSPS) is 26.0. The summed E-state index contributed by atoms with van der Waals surface area (Å²) >= 11 is 0. The van der Waals surface area contributed by atoms with Gasteiger partial charge in [0.25, 0.3) is 5.91 Å². The monoisotopic (exact) mass is 518 g/mol. The number of rotatable bonds is 7. The second-order valence-electron chi connectivity index (χ2n) is 9.90. The van der Waals surface area contributed by atoms with Crippen LogP contribution in [0.4, 0.5) is 13.2 Å². The Labute approximate surface area is 204 Å². The van der Waals surface area contributed by atoms with E-state index >= 15 is 0 Å². The van der Waals surface area contributed by atoms with Crippen molar-refractivity contribution in [1.29, 1.82) is 0 Å². The van der Waals surface area contributed by atoms with Crippen LogP contribution in [0, 0.1) is 5.92 Å². The number of hydrogen-bond donors (Lipinski definition) is 1. The van der Waals surface area contributed by atoms with Crippen LogP contribution < -0.4 is 5.32 Å². The third-order valence-corrected chi connectivity index (χ3v) is 8.07. The van der Waals surface area contributed by atoms with Crippen LogP contribution in [0.2, 0.25) is 0 Å². The van der Waals surface area contributed by atoms with Gasteiger partial charge in [0.1, 0.15) is 27.3 Å². The Balaban J connectivity index is 1.72. The van der Waals surface area contributed by atoms with E-state index in [4.69, 9.17) is 0 Å². The molecule has 2 fully saturated rings. The zero-order valence-corrected chi connectivity index (χ0v) is 21.2. The summed E-state index contributed by atoms with van der Waals surface area (Å²) < 4.78 is 63.1. The zero-order chi connectivity index (χ0) is 26.1. The standard InChI is InChI=1S/C23H33F3N4O4S/c1-14(2)29(3)16-8-9-19(15(12-16)13-35(4,33)34)30-11-10-18(22(30)32)28-21(31)17-6-5-7-20(27-17)23(24,25)26/h5-7,14-16,18-19H,8-13H2,1-4H3,(H,28,31)/t15-,16-,18+,19+/m1/s1. The van der Waals surface area contributed by atoms with E-state index in [-0.39, 0.29) is 29.7 Å². The lowest BCUT2D eigenvalue weighted by molar-refractivity contribution is -0.141. The third-order valence-electron chi connectivity index (χ3n) is 7.04. The summed E-state index contributed by atoms with van der Waals surface area (Å²) in [4.78, 5) is 33.0. The molecule has 0 radical (unpaired) electrons. The highest BCUT2D eigenvalue weighted by Crippen LogP contribution is 2.35. The van der Waals surface area contributed by atoms with Gasteiger partial charge in [-0.1, -0.05) is 6.07 Å². The van der Waals surface area contributed by atoms with E-state index in [9.17, 15) is 31.2 Å². The first-order valence-corrected chi connectivity index (χ1v) is 13.8. The van der Waals surface area contributed by atoms with Crippen molar-refractivity contribution >= 4 is 21.7 Å². The highest BCUT2D eigenvalue weighted by molar-refractivity contribution is 7.90. The smallest absolute Gasteiger partial charge is 0.339 e. The molecule has 1 aromatic rings. The maximum Gasteiger partial charge on any atom is 0.433 e. The fraction of sp³-hybridized carbons (Fsp3) is 0.696. The predicted octanol–water partition coefficient (Wildman–Crippen LogP) is 2.35. The number of aromatic nitrogens is 1. The van der Waals surface area contributed by atoms with Gasteiger partial charge in [-0.25, -0.2) is 13.4 Å². The van der Waals surface area contributed by atoms with Gasteiger partial charge in [-0.3, -0.25) is 9.59 Å². The number of alkyl halides is 3. The average Bonchev–Trinajstić information content (AvgIpc) is 3.11. The van der Waals surface area contributed by atoms with E-state index in [2.05, 4.69) is 29.0 Å². The minimum absolute atomic E-state index is 0.0327. The maximum atomic E-state index is 13.2. The molecule has 0 unspecified atom stereocenters. The Bertz CT molecular complexity index is 1050. The van der Waals surface area contributed by atoms with Gasteiger partial charge in [-0.2, -0.15) is 13.2 Å². The van der Waals surface area contributed by atoms with Crippen LogP contribution in [-0.4, -0.2) is 84.8 Å². The molecule has 1 aliphatic carbocycles. The number of halogens is 3. The fourth-order valence-corrected chi connectivity index (χ4v) is 6.25. The highest BCUT2D eigenvalue weighted by atomic mass is 32.2. The number of nitrogens with zero attached hydrogens (tertiary/aromatic N) is 3. The first kappa shape index (κ1) is 27.4. The Morgan fingerprint density at radius 1 is 1.26 bits per heavy atom.